The molecule has 0 N–H and O–H groups in total. The monoisotopic (exact) mass is 233 g/mol. The zero-order valence-corrected chi connectivity index (χ0v) is 11.2. The average molecular weight is 233 g/mol. The molecule has 1 aromatic rings. The van der Waals surface area contributed by atoms with Crippen LogP contribution in [0.3, 0.4) is 0 Å². The molecule has 1 aliphatic heterocycles. The van der Waals surface area contributed by atoms with Gasteiger partial charge in [0.1, 0.15) is 0 Å². The molecule has 0 saturated carbocycles. The molecule has 0 unspecified atom stereocenters. The van der Waals surface area contributed by atoms with Crippen molar-refractivity contribution >= 4 is 5.69 Å². The number of benzene rings is 1. The molecule has 0 amide bonds. The van der Waals surface area contributed by atoms with Gasteiger partial charge in [0.05, 0.1) is 12.3 Å². The van der Waals surface area contributed by atoms with Crippen molar-refractivity contribution in [2.24, 2.45) is 5.92 Å². The number of hydrogen-bond donors (Lipinski definition) is 0. The van der Waals surface area contributed by atoms with E-state index in [1.54, 1.807) is 0 Å². The molecule has 1 aliphatic rings. The minimum absolute atomic E-state index is 0.724. The third-order valence-electron chi connectivity index (χ3n) is 3.09. The molecule has 1 heterocycles. The third-order valence-corrected chi connectivity index (χ3v) is 3.09. The van der Waals surface area contributed by atoms with Crippen molar-refractivity contribution in [1.82, 2.24) is 0 Å². The summed E-state index contributed by atoms with van der Waals surface area (Å²) >= 11 is 0. The molecule has 0 fully saturated rings. The number of fused-ring (bicyclic) bond motifs is 1. The van der Waals surface area contributed by atoms with Gasteiger partial charge in [-0.15, -0.1) is 0 Å². The van der Waals surface area contributed by atoms with Crippen LogP contribution in [0.2, 0.25) is 0 Å². The highest BCUT2D eigenvalue weighted by molar-refractivity contribution is 5.57. The molecule has 0 radical (unpaired) electrons. The molecule has 0 atom stereocenters. The van der Waals surface area contributed by atoms with E-state index in [0.717, 1.165) is 31.9 Å². The van der Waals surface area contributed by atoms with Crippen molar-refractivity contribution in [1.29, 1.82) is 0 Å². The first kappa shape index (κ1) is 12.4. The van der Waals surface area contributed by atoms with Gasteiger partial charge in [-0.3, -0.25) is 9.90 Å². The summed E-state index contributed by atoms with van der Waals surface area (Å²) in [6.07, 6.45) is 3.35. The Labute approximate surface area is 105 Å². The second kappa shape index (κ2) is 5.54. The number of anilines is 1. The van der Waals surface area contributed by atoms with E-state index in [1.807, 2.05) is 0 Å². The van der Waals surface area contributed by atoms with Gasteiger partial charge in [0.25, 0.3) is 0 Å². The van der Waals surface area contributed by atoms with Crippen LogP contribution in [-0.2, 0) is 17.7 Å². The maximum absolute atomic E-state index is 5.73. The van der Waals surface area contributed by atoms with Crippen LogP contribution >= 0.6 is 0 Å². The molecule has 94 valence electrons. The molecule has 0 aromatic heterocycles. The molecule has 2 nitrogen and oxygen atoms in total. The summed E-state index contributed by atoms with van der Waals surface area (Å²) in [4.78, 5) is 5.73. The van der Waals surface area contributed by atoms with Gasteiger partial charge in [0, 0.05) is 6.54 Å². The Morgan fingerprint density at radius 2 is 2.18 bits per heavy atom. The Morgan fingerprint density at radius 3 is 2.88 bits per heavy atom. The molecule has 1 aromatic carbocycles. The van der Waals surface area contributed by atoms with E-state index in [1.165, 1.54) is 23.2 Å². The smallest absolute Gasteiger partial charge is 0.0746 e. The lowest BCUT2D eigenvalue weighted by Gasteiger charge is -2.18. The van der Waals surface area contributed by atoms with Gasteiger partial charge in [0.2, 0.25) is 0 Å². The Kier molecular flexibility index (Phi) is 4.06. The van der Waals surface area contributed by atoms with Gasteiger partial charge >= 0.3 is 0 Å². The lowest BCUT2D eigenvalue weighted by Crippen LogP contribution is -2.21. The summed E-state index contributed by atoms with van der Waals surface area (Å²) in [6.45, 7) is 8.49. The van der Waals surface area contributed by atoms with Crippen molar-refractivity contribution in [3.05, 3.63) is 29.3 Å². The van der Waals surface area contributed by atoms with E-state index in [2.05, 4.69) is 44.0 Å². The second-order valence-electron chi connectivity index (χ2n) is 5.25. The Balaban J connectivity index is 2.08. The summed E-state index contributed by atoms with van der Waals surface area (Å²) < 4.78 is 0. The largest absolute Gasteiger partial charge is 0.273 e. The highest BCUT2D eigenvalue weighted by Gasteiger charge is 2.19. The highest BCUT2D eigenvalue weighted by Crippen LogP contribution is 2.29. The van der Waals surface area contributed by atoms with Gasteiger partial charge < -0.3 is 0 Å². The lowest BCUT2D eigenvalue weighted by atomic mass is 10.00. The summed E-state index contributed by atoms with van der Waals surface area (Å²) in [5, 5.41) is 2.05. The Bertz CT molecular complexity index is 373. The lowest BCUT2D eigenvalue weighted by molar-refractivity contribution is 0.114. The van der Waals surface area contributed by atoms with E-state index in [9.17, 15) is 0 Å². The minimum Gasteiger partial charge on any atom is -0.273 e. The molecule has 0 aliphatic carbocycles. The molecule has 0 bridgehead atoms. The van der Waals surface area contributed by atoms with E-state index in [4.69, 9.17) is 4.84 Å². The first-order chi connectivity index (χ1) is 8.20. The number of hydrogen-bond acceptors (Lipinski definition) is 2. The number of nitrogens with zero attached hydrogens (tertiary/aromatic N) is 1. The van der Waals surface area contributed by atoms with E-state index in [-0.39, 0.29) is 0 Å². The fourth-order valence-electron chi connectivity index (χ4n) is 2.36. The Morgan fingerprint density at radius 1 is 1.35 bits per heavy atom. The molecule has 17 heavy (non-hydrogen) atoms. The SMILES string of the molecule is CCCON1CCc2cc(CC(C)C)ccc21. The molecule has 0 saturated heterocycles. The quantitative estimate of drug-likeness (QED) is 0.770. The molecular formula is C15H23NO. The van der Waals surface area contributed by atoms with Crippen LogP contribution in [0.5, 0.6) is 0 Å². The first-order valence-corrected chi connectivity index (χ1v) is 6.73. The zero-order chi connectivity index (χ0) is 12.3. The zero-order valence-electron chi connectivity index (χ0n) is 11.2. The van der Waals surface area contributed by atoms with Crippen LogP contribution in [0.25, 0.3) is 0 Å². The molecule has 2 rings (SSSR count). The van der Waals surface area contributed by atoms with Crippen LogP contribution in [-0.4, -0.2) is 13.2 Å². The molecule has 0 spiro atoms. The highest BCUT2D eigenvalue weighted by atomic mass is 16.7. The number of hydroxylamine groups is 1. The van der Waals surface area contributed by atoms with E-state index >= 15 is 0 Å². The van der Waals surface area contributed by atoms with Gasteiger partial charge in [0.15, 0.2) is 0 Å². The van der Waals surface area contributed by atoms with Crippen molar-refractivity contribution < 1.29 is 4.84 Å². The van der Waals surface area contributed by atoms with Gasteiger partial charge in [-0.2, -0.15) is 0 Å². The van der Waals surface area contributed by atoms with Crippen molar-refractivity contribution in [2.45, 2.75) is 40.0 Å². The van der Waals surface area contributed by atoms with Crippen molar-refractivity contribution in [3.8, 4) is 0 Å². The van der Waals surface area contributed by atoms with Crippen LogP contribution in [0.15, 0.2) is 18.2 Å². The minimum atomic E-state index is 0.724. The van der Waals surface area contributed by atoms with Crippen molar-refractivity contribution in [2.75, 3.05) is 18.2 Å². The summed E-state index contributed by atoms with van der Waals surface area (Å²) in [6, 6.07) is 6.81. The summed E-state index contributed by atoms with van der Waals surface area (Å²) in [5.41, 5.74) is 4.17. The predicted molar refractivity (Wildman–Crippen MR) is 72.3 cm³/mol. The fourth-order valence-corrected chi connectivity index (χ4v) is 2.36. The van der Waals surface area contributed by atoms with Crippen LogP contribution in [0, 0.1) is 5.92 Å². The topological polar surface area (TPSA) is 12.5 Å². The molecule has 2 heteroatoms. The van der Waals surface area contributed by atoms with Gasteiger partial charge in [-0.05, 0) is 42.4 Å². The third kappa shape index (κ3) is 3.01. The van der Waals surface area contributed by atoms with E-state index in [0.29, 0.717) is 0 Å². The summed E-state index contributed by atoms with van der Waals surface area (Å²) in [5.74, 6) is 0.724. The second-order valence-corrected chi connectivity index (χ2v) is 5.25. The van der Waals surface area contributed by atoms with Crippen LogP contribution in [0.1, 0.15) is 38.3 Å². The molecular weight excluding hydrogens is 210 g/mol. The Hall–Kier alpha value is -1.02. The van der Waals surface area contributed by atoms with Crippen LogP contribution in [0.4, 0.5) is 5.69 Å². The standard InChI is InChI=1S/C15H23NO/c1-4-9-17-16-8-7-14-11-13(10-12(2)3)5-6-15(14)16/h5-6,11-12H,4,7-10H2,1-3H3. The number of rotatable bonds is 5. The van der Waals surface area contributed by atoms with Crippen molar-refractivity contribution in [3.63, 3.8) is 0 Å². The maximum atomic E-state index is 5.73. The summed E-state index contributed by atoms with van der Waals surface area (Å²) in [7, 11) is 0. The normalized spacial score (nSPS) is 14.5. The van der Waals surface area contributed by atoms with Crippen LogP contribution < -0.4 is 5.06 Å². The van der Waals surface area contributed by atoms with Gasteiger partial charge in [-0.25, -0.2) is 0 Å². The van der Waals surface area contributed by atoms with E-state index < -0.39 is 0 Å². The average Bonchev–Trinajstić information content (AvgIpc) is 2.68. The fraction of sp³-hybridized carbons (Fsp3) is 0.600. The first-order valence-electron chi connectivity index (χ1n) is 6.73. The maximum Gasteiger partial charge on any atom is 0.0746 e. The predicted octanol–water partition coefficient (Wildman–Crippen LogP) is 3.59. The van der Waals surface area contributed by atoms with Gasteiger partial charge in [-0.1, -0.05) is 32.9 Å².